The van der Waals surface area contributed by atoms with Gasteiger partial charge >= 0.3 is 0 Å². The molecule has 0 saturated carbocycles. The lowest BCUT2D eigenvalue weighted by Crippen LogP contribution is -2.30. The average Bonchev–Trinajstić information content (AvgIpc) is 2.82. The van der Waals surface area contributed by atoms with Crippen LogP contribution in [0, 0.1) is 19.7 Å². The molecule has 6 nitrogen and oxygen atoms in total. The second kappa shape index (κ2) is 10.5. The molecule has 1 heterocycles. The number of nitrogens with zero attached hydrogens (tertiary/aromatic N) is 2. The van der Waals surface area contributed by atoms with Crippen molar-refractivity contribution in [2.75, 3.05) is 5.75 Å². The van der Waals surface area contributed by atoms with Gasteiger partial charge in [-0.05, 0) is 75.7 Å². The van der Waals surface area contributed by atoms with Crippen molar-refractivity contribution in [2.45, 2.75) is 38.9 Å². The number of halogens is 1. The number of aromatic nitrogens is 2. The molecule has 0 aliphatic rings. The van der Waals surface area contributed by atoms with Crippen LogP contribution in [0.15, 0.2) is 70.6 Å². The van der Waals surface area contributed by atoms with Crippen molar-refractivity contribution < 1.29 is 14.0 Å². The van der Waals surface area contributed by atoms with Crippen LogP contribution >= 0.6 is 11.8 Å². The molecule has 1 aromatic heterocycles. The normalized spacial score (nSPS) is 11.2. The monoisotopic (exact) mass is 503 g/mol. The first-order valence-corrected chi connectivity index (χ1v) is 12.5. The van der Waals surface area contributed by atoms with Crippen molar-refractivity contribution in [1.82, 2.24) is 14.9 Å². The molecular weight excluding hydrogens is 477 g/mol. The highest BCUT2D eigenvalue weighted by Gasteiger charge is 2.18. The van der Waals surface area contributed by atoms with E-state index in [9.17, 15) is 18.8 Å². The Morgan fingerprint density at radius 1 is 1.03 bits per heavy atom. The molecule has 4 aromatic rings. The minimum atomic E-state index is -0.430. The lowest BCUT2D eigenvalue weighted by atomic mass is 10.0. The number of carbonyl (C=O) groups excluding carboxylic acids is 2. The van der Waals surface area contributed by atoms with E-state index in [1.165, 1.54) is 28.8 Å². The number of hydrogen-bond acceptors (Lipinski definition) is 5. The zero-order valence-electron chi connectivity index (χ0n) is 20.5. The SMILES string of the molecule is Cc1ccc(C(=O)CSc2nc3cc(C(=O)NC(C)C)ccc3c(=O)n2-c2ccc(F)cc2)c(C)c1. The third kappa shape index (κ3) is 5.39. The van der Waals surface area contributed by atoms with Crippen molar-refractivity contribution in [3.63, 3.8) is 0 Å². The quantitative estimate of drug-likeness (QED) is 0.212. The van der Waals surface area contributed by atoms with Crippen molar-refractivity contribution >= 4 is 34.4 Å². The van der Waals surface area contributed by atoms with E-state index in [0.717, 1.165) is 22.9 Å². The molecule has 184 valence electrons. The first-order chi connectivity index (χ1) is 17.1. The van der Waals surface area contributed by atoms with Gasteiger partial charge in [-0.1, -0.05) is 35.5 Å². The Balaban J connectivity index is 1.78. The van der Waals surface area contributed by atoms with E-state index >= 15 is 0 Å². The highest BCUT2D eigenvalue weighted by atomic mass is 32.2. The Labute approximate surface area is 212 Å². The number of fused-ring (bicyclic) bond motifs is 1. The molecule has 0 saturated heterocycles. The Bertz CT molecular complexity index is 1530. The van der Waals surface area contributed by atoms with Gasteiger partial charge in [0.05, 0.1) is 22.3 Å². The molecule has 0 fully saturated rings. The van der Waals surface area contributed by atoms with E-state index in [1.54, 1.807) is 24.3 Å². The third-order valence-electron chi connectivity index (χ3n) is 5.62. The fourth-order valence-corrected chi connectivity index (χ4v) is 4.80. The number of benzene rings is 3. The molecule has 0 aliphatic heterocycles. The molecule has 0 spiro atoms. The summed E-state index contributed by atoms with van der Waals surface area (Å²) in [5.41, 5.74) is 3.33. The Morgan fingerprint density at radius 2 is 1.75 bits per heavy atom. The van der Waals surface area contributed by atoms with Crippen LogP contribution in [-0.4, -0.2) is 33.0 Å². The molecule has 8 heteroatoms. The fourth-order valence-electron chi connectivity index (χ4n) is 3.90. The van der Waals surface area contributed by atoms with Crippen molar-refractivity contribution in [3.05, 3.63) is 99.1 Å². The van der Waals surface area contributed by atoms with Crippen molar-refractivity contribution in [2.24, 2.45) is 0 Å². The second-order valence-corrected chi connectivity index (χ2v) is 9.84. The number of nitrogens with one attached hydrogen (secondary N) is 1. The average molecular weight is 504 g/mol. The number of Topliss-reactive ketones (excluding diaryl/α,β-unsaturated/α-hetero) is 1. The van der Waals surface area contributed by atoms with Gasteiger partial charge < -0.3 is 5.32 Å². The van der Waals surface area contributed by atoms with E-state index in [2.05, 4.69) is 10.3 Å². The van der Waals surface area contributed by atoms with Crippen LogP contribution in [0.5, 0.6) is 0 Å². The maximum Gasteiger partial charge on any atom is 0.266 e. The van der Waals surface area contributed by atoms with E-state index in [0.29, 0.717) is 27.7 Å². The molecule has 1 amide bonds. The van der Waals surface area contributed by atoms with Gasteiger partial charge in [0, 0.05) is 17.2 Å². The molecule has 0 bridgehead atoms. The molecule has 36 heavy (non-hydrogen) atoms. The Morgan fingerprint density at radius 3 is 2.42 bits per heavy atom. The van der Waals surface area contributed by atoms with Gasteiger partial charge in [0.2, 0.25) is 0 Å². The topological polar surface area (TPSA) is 81.1 Å². The minimum absolute atomic E-state index is 0.0463. The lowest BCUT2D eigenvalue weighted by Gasteiger charge is -2.14. The van der Waals surface area contributed by atoms with E-state index in [-0.39, 0.29) is 34.2 Å². The van der Waals surface area contributed by atoms with Crippen LogP contribution in [0.2, 0.25) is 0 Å². The summed E-state index contributed by atoms with van der Waals surface area (Å²) in [7, 11) is 0. The van der Waals surface area contributed by atoms with Gasteiger partial charge in [-0.2, -0.15) is 0 Å². The standard InChI is InChI=1S/C28H26FN3O3S/c1-16(2)30-26(34)19-6-12-23-24(14-19)31-28(32(27(23)35)21-9-7-20(29)8-10-21)36-15-25(33)22-11-5-17(3)13-18(22)4/h5-14,16H,15H2,1-4H3,(H,30,34). The Kier molecular flexibility index (Phi) is 7.35. The minimum Gasteiger partial charge on any atom is -0.350 e. The molecular formula is C28H26FN3O3S. The zero-order valence-corrected chi connectivity index (χ0v) is 21.3. The van der Waals surface area contributed by atoms with Gasteiger partial charge in [0.1, 0.15) is 5.82 Å². The molecule has 0 aliphatic carbocycles. The predicted molar refractivity (Wildman–Crippen MR) is 141 cm³/mol. The van der Waals surface area contributed by atoms with Gasteiger partial charge in [-0.3, -0.25) is 19.0 Å². The summed E-state index contributed by atoms with van der Waals surface area (Å²) in [6, 6.07) is 15.8. The summed E-state index contributed by atoms with van der Waals surface area (Å²) in [5, 5.41) is 3.41. The van der Waals surface area contributed by atoms with Gasteiger partial charge in [-0.25, -0.2) is 9.37 Å². The molecule has 1 N–H and O–H groups in total. The van der Waals surface area contributed by atoms with Crippen LogP contribution in [0.4, 0.5) is 4.39 Å². The molecule has 0 radical (unpaired) electrons. The predicted octanol–water partition coefficient (Wildman–Crippen LogP) is 5.25. The van der Waals surface area contributed by atoms with Crippen LogP contribution < -0.4 is 10.9 Å². The Hall–Kier alpha value is -3.78. The maximum absolute atomic E-state index is 13.6. The van der Waals surface area contributed by atoms with Crippen LogP contribution in [0.25, 0.3) is 16.6 Å². The maximum atomic E-state index is 13.6. The van der Waals surface area contributed by atoms with Crippen LogP contribution in [-0.2, 0) is 0 Å². The summed E-state index contributed by atoms with van der Waals surface area (Å²) in [6.45, 7) is 7.57. The molecule has 0 unspecified atom stereocenters. The van der Waals surface area contributed by atoms with Gasteiger partial charge in [0.25, 0.3) is 11.5 Å². The van der Waals surface area contributed by atoms with Crippen LogP contribution in [0.1, 0.15) is 45.7 Å². The summed E-state index contributed by atoms with van der Waals surface area (Å²) in [5.74, 6) is -0.741. The fraction of sp³-hybridized carbons (Fsp3) is 0.214. The second-order valence-electron chi connectivity index (χ2n) is 8.90. The first kappa shape index (κ1) is 25.3. The van der Waals surface area contributed by atoms with Gasteiger partial charge in [-0.15, -0.1) is 0 Å². The summed E-state index contributed by atoms with van der Waals surface area (Å²) < 4.78 is 15.0. The molecule has 4 rings (SSSR count). The van der Waals surface area contributed by atoms with E-state index in [4.69, 9.17) is 0 Å². The van der Waals surface area contributed by atoms with Crippen molar-refractivity contribution in [3.8, 4) is 5.69 Å². The van der Waals surface area contributed by atoms with Crippen LogP contribution in [0.3, 0.4) is 0 Å². The molecule has 0 atom stereocenters. The number of rotatable bonds is 7. The number of carbonyl (C=O) groups is 2. The summed E-state index contributed by atoms with van der Waals surface area (Å²) in [4.78, 5) is 43.7. The summed E-state index contributed by atoms with van der Waals surface area (Å²) in [6.07, 6.45) is 0. The molecule has 3 aromatic carbocycles. The third-order valence-corrected chi connectivity index (χ3v) is 6.56. The number of ketones is 1. The number of hydrogen-bond donors (Lipinski definition) is 1. The summed E-state index contributed by atoms with van der Waals surface area (Å²) >= 11 is 1.12. The van der Waals surface area contributed by atoms with Gasteiger partial charge in [0.15, 0.2) is 10.9 Å². The highest BCUT2D eigenvalue weighted by Crippen LogP contribution is 2.24. The highest BCUT2D eigenvalue weighted by molar-refractivity contribution is 7.99. The number of amides is 1. The lowest BCUT2D eigenvalue weighted by molar-refractivity contribution is 0.0942. The number of thioether (sulfide) groups is 1. The van der Waals surface area contributed by atoms with E-state index < -0.39 is 5.82 Å². The first-order valence-electron chi connectivity index (χ1n) is 11.5. The smallest absolute Gasteiger partial charge is 0.266 e. The van der Waals surface area contributed by atoms with Crippen molar-refractivity contribution in [1.29, 1.82) is 0 Å². The largest absolute Gasteiger partial charge is 0.350 e. The number of aryl methyl sites for hydroxylation is 2. The zero-order chi connectivity index (χ0) is 26.0. The van der Waals surface area contributed by atoms with E-state index in [1.807, 2.05) is 39.8 Å².